The van der Waals surface area contributed by atoms with Gasteiger partial charge in [0.25, 0.3) is 11.7 Å². The fourth-order valence-electron chi connectivity index (χ4n) is 2.19. The number of amides is 1. The monoisotopic (exact) mass is 287 g/mol. The zero-order chi connectivity index (χ0) is 15.4. The molecule has 0 atom stereocenters. The molecule has 0 saturated carbocycles. The van der Waals surface area contributed by atoms with E-state index in [4.69, 9.17) is 5.53 Å². The second-order valence-electron chi connectivity index (χ2n) is 4.44. The largest absolute Gasteiger partial charge is 0.460 e. The third-order valence-electron chi connectivity index (χ3n) is 3.22. The third-order valence-corrected chi connectivity index (χ3v) is 3.22. The summed E-state index contributed by atoms with van der Waals surface area (Å²) in [7, 11) is 1.19. The Morgan fingerprint density at radius 3 is 2.71 bits per heavy atom. The summed E-state index contributed by atoms with van der Waals surface area (Å²) in [6, 6.07) is 6.73. The van der Waals surface area contributed by atoms with Gasteiger partial charge < -0.3 is 15.2 Å². The number of ketones is 1. The molecule has 0 unspecified atom stereocenters. The molecule has 0 fully saturated rings. The fourth-order valence-corrected chi connectivity index (χ4v) is 2.19. The Bertz CT molecular complexity index is 662. The van der Waals surface area contributed by atoms with Crippen molar-refractivity contribution in [2.24, 2.45) is 0 Å². The highest BCUT2D eigenvalue weighted by Gasteiger charge is 2.35. The predicted molar refractivity (Wildman–Crippen MR) is 73.0 cm³/mol. The molecule has 1 aliphatic rings. The van der Waals surface area contributed by atoms with Crippen molar-refractivity contribution in [2.45, 2.75) is 12.8 Å². The van der Waals surface area contributed by atoms with Gasteiger partial charge in [0.15, 0.2) is 0 Å². The number of anilines is 1. The number of Topliss-reactive ketones (excluding diaryl/α,β-unsaturated/α-hetero) is 1. The summed E-state index contributed by atoms with van der Waals surface area (Å²) in [5, 5.41) is 0. The smallest absolute Gasteiger partial charge is 0.416 e. The summed E-state index contributed by atoms with van der Waals surface area (Å²) >= 11 is 0. The molecule has 1 aromatic carbocycles. The number of methoxy groups -OCH3 is 1. The molecular formula is C14H13N3O4. The topological polar surface area (TPSA) is 100 Å². The first kappa shape index (κ1) is 14.6. The number of carbonyl (C=O) groups excluding carboxylic acids is 3. The first-order valence-corrected chi connectivity index (χ1v) is 6.34. The molecule has 0 spiro atoms. The van der Waals surface area contributed by atoms with Gasteiger partial charge in [-0.3, -0.25) is 9.59 Å². The highest BCUT2D eigenvalue weighted by atomic mass is 16.5. The number of fused-ring (bicyclic) bond motifs is 1. The summed E-state index contributed by atoms with van der Waals surface area (Å²) in [6.45, 7) is 0.248. The molecule has 0 aromatic heterocycles. The molecule has 1 amide bonds. The molecule has 2 rings (SSSR count). The maximum atomic E-state index is 11.9. The normalized spacial score (nSPS) is 12.9. The van der Waals surface area contributed by atoms with Crippen molar-refractivity contribution in [3.8, 4) is 0 Å². The van der Waals surface area contributed by atoms with Crippen LogP contribution in [-0.4, -0.2) is 41.8 Å². The van der Waals surface area contributed by atoms with Crippen LogP contribution in [-0.2, 0) is 14.3 Å². The Labute approximate surface area is 120 Å². The number of esters is 1. The van der Waals surface area contributed by atoms with Crippen LogP contribution in [0.5, 0.6) is 0 Å². The number of para-hydroxylation sites is 1. The molecule has 1 aliphatic heterocycles. The average Bonchev–Trinajstić information content (AvgIpc) is 2.76. The fraction of sp³-hybridized carbons (Fsp3) is 0.286. The van der Waals surface area contributed by atoms with Crippen LogP contribution in [0, 0.1) is 0 Å². The average molecular weight is 287 g/mol. The molecule has 0 N–H and O–H groups in total. The zero-order valence-electron chi connectivity index (χ0n) is 11.4. The Hall–Kier alpha value is -2.79. The van der Waals surface area contributed by atoms with Gasteiger partial charge in [-0.05, 0) is 18.6 Å². The van der Waals surface area contributed by atoms with Gasteiger partial charge in [-0.2, -0.15) is 4.79 Å². The van der Waals surface area contributed by atoms with Crippen LogP contribution in [0.2, 0.25) is 0 Å². The summed E-state index contributed by atoms with van der Waals surface area (Å²) in [4.78, 5) is 39.2. The molecule has 21 heavy (non-hydrogen) atoms. The molecule has 7 heteroatoms. The predicted octanol–water partition coefficient (Wildman–Crippen LogP) is 0.840. The lowest BCUT2D eigenvalue weighted by atomic mass is 10.1. The van der Waals surface area contributed by atoms with E-state index in [1.165, 1.54) is 12.0 Å². The molecule has 1 heterocycles. The van der Waals surface area contributed by atoms with Crippen LogP contribution in [0.1, 0.15) is 23.2 Å². The van der Waals surface area contributed by atoms with Gasteiger partial charge in [0.1, 0.15) is 0 Å². The van der Waals surface area contributed by atoms with Crippen LogP contribution < -0.4 is 4.90 Å². The van der Waals surface area contributed by atoms with E-state index in [2.05, 4.69) is 9.53 Å². The molecule has 0 bridgehead atoms. The zero-order valence-corrected chi connectivity index (χ0v) is 11.4. The number of hydrogen-bond acceptors (Lipinski definition) is 4. The summed E-state index contributed by atoms with van der Waals surface area (Å²) < 4.78 is 4.46. The van der Waals surface area contributed by atoms with Gasteiger partial charge in [-0.1, -0.05) is 12.1 Å². The third kappa shape index (κ3) is 2.73. The van der Waals surface area contributed by atoms with E-state index in [0.29, 0.717) is 17.7 Å². The van der Waals surface area contributed by atoms with Crippen molar-refractivity contribution in [1.82, 2.24) is 0 Å². The van der Waals surface area contributed by atoms with Crippen molar-refractivity contribution < 1.29 is 23.9 Å². The van der Waals surface area contributed by atoms with E-state index >= 15 is 0 Å². The number of ether oxygens (including phenoxy) is 1. The lowest BCUT2D eigenvalue weighted by molar-refractivity contribution is -0.137. The van der Waals surface area contributed by atoms with Crippen LogP contribution in [0.25, 0.3) is 5.53 Å². The number of hydrogen-bond donors (Lipinski definition) is 0. The minimum Gasteiger partial charge on any atom is -0.460 e. The second kappa shape index (κ2) is 6.11. The SMILES string of the molecule is COC(=O)C(CCCN1C(=O)C(=O)c2ccccc21)=[N+]=[N-]. The molecule has 7 nitrogen and oxygen atoms in total. The van der Waals surface area contributed by atoms with Crippen LogP contribution in [0.4, 0.5) is 5.69 Å². The van der Waals surface area contributed by atoms with Crippen molar-refractivity contribution in [2.75, 3.05) is 18.6 Å². The minimum atomic E-state index is -0.721. The number of nitrogens with zero attached hydrogens (tertiary/aromatic N) is 3. The van der Waals surface area contributed by atoms with Gasteiger partial charge in [0.2, 0.25) is 0 Å². The number of benzene rings is 1. The van der Waals surface area contributed by atoms with Gasteiger partial charge in [0, 0.05) is 6.54 Å². The highest BCUT2D eigenvalue weighted by molar-refractivity contribution is 6.52. The second-order valence-corrected chi connectivity index (χ2v) is 4.44. The first-order valence-electron chi connectivity index (χ1n) is 6.34. The standard InChI is InChI=1S/C14H13N3O4/c1-21-14(20)10(16-15)6-4-8-17-11-7-3-2-5-9(11)12(18)13(17)19/h2-3,5,7H,4,6,8H2,1H3. The maximum absolute atomic E-state index is 11.9. The Kier molecular flexibility index (Phi) is 4.25. The summed E-state index contributed by atoms with van der Waals surface area (Å²) in [6.07, 6.45) is 0.505. The first-order chi connectivity index (χ1) is 10.1. The molecule has 0 aliphatic carbocycles. The Balaban J connectivity index is 2.05. The van der Waals surface area contributed by atoms with Gasteiger partial charge in [-0.15, -0.1) is 0 Å². The molecular weight excluding hydrogens is 274 g/mol. The van der Waals surface area contributed by atoms with Crippen LogP contribution in [0.15, 0.2) is 24.3 Å². The molecule has 0 saturated heterocycles. The molecule has 0 radical (unpaired) electrons. The van der Waals surface area contributed by atoms with Crippen molar-refractivity contribution >= 4 is 29.1 Å². The lowest BCUT2D eigenvalue weighted by Gasteiger charge is -2.15. The van der Waals surface area contributed by atoms with E-state index < -0.39 is 17.7 Å². The van der Waals surface area contributed by atoms with E-state index in [1.54, 1.807) is 24.3 Å². The van der Waals surface area contributed by atoms with Crippen LogP contribution in [0.3, 0.4) is 0 Å². The van der Waals surface area contributed by atoms with Gasteiger partial charge in [0.05, 0.1) is 24.8 Å². The Morgan fingerprint density at radius 2 is 2.05 bits per heavy atom. The maximum Gasteiger partial charge on any atom is 0.416 e. The summed E-state index contributed by atoms with van der Waals surface area (Å²) in [5.74, 6) is -1.84. The lowest BCUT2D eigenvalue weighted by Crippen LogP contribution is -2.31. The Morgan fingerprint density at radius 1 is 1.33 bits per heavy atom. The number of rotatable bonds is 5. The van der Waals surface area contributed by atoms with Crippen molar-refractivity contribution in [3.63, 3.8) is 0 Å². The van der Waals surface area contributed by atoms with Gasteiger partial charge in [-0.25, -0.2) is 4.79 Å². The summed E-state index contributed by atoms with van der Waals surface area (Å²) in [5.41, 5.74) is 9.55. The van der Waals surface area contributed by atoms with Crippen LogP contribution >= 0.6 is 0 Å². The van der Waals surface area contributed by atoms with Gasteiger partial charge >= 0.3 is 11.7 Å². The molecule has 1 aromatic rings. The van der Waals surface area contributed by atoms with Crippen molar-refractivity contribution in [1.29, 1.82) is 0 Å². The minimum absolute atomic E-state index is 0.122. The van der Waals surface area contributed by atoms with E-state index in [1.807, 2.05) is 0 Å². The molecule has 108 valence electrons. The van der Waals surface area contributed by atoms with E-state index in [-0.39, 0.29) is 18.7 Å². The quantitative estimate of drug-likeness (QED) is 0.263. The number of carbonyl (C=O) groups is 3. The van der Waals surface area contributed by atoms with Crippen molar-refractivity contribution in [3.05, 3.63) is 35.4 Å². The highest BCUT2D eigenvalue weighted by Crippen LogP contribution is 2.28. The van der Waals surface area contributed by atoms with E-state index in [0.717, 1.165) is 0 Å². The van der Waals surface area contributed by atoms with E-state index in [9.17, 15) is 14.4 Å².